The molecule has 0 saturated heterocycles. The lowest BCUT2D eigenvalue weighted by molar-refractivity contribution is 0.0872. The standard InChI is InChI=1S/C24H20N2O3/c1-16-2-4-17(5-3-16)12-22-23(27)19-6-7-21-20(24(19)29-22)14-26(15-28-21)13-18-8-10-25-11-9-18/h2-12H,13-15H2,1H3/b22-12-. The highest BCUT2D eigenvalue weighted by atomic mass is 16.5. The van der Waals surface area contributed by atoms with E-state index in [2.05, 4.69) is 9.88 Å². The minimum atomic E-state index is -0.0883. The van der Waals surface area contributed by atoms with Gasteiger partial charge in [-0.3, -0.25) is 14.7 Å². The summed E-state index contributed by atoms with van der Waals surface area (Å²) in [6.45, 7) is 3.93. The fourth-order valence-corrected chi connectivity index (χ4v) is 3.67. The summed E-state index contributed by atoms with van der Waals surface area (Å²) >= 11 is 0. The van der Waals surface area contributed by atoms with Crippen molar-refractivity contribution in [3.05, 3.63) is 94.5 Å². The molecule has 0 saturated carbocycles. The molecule has 0 fully saturated rings. The predicted molar refractivity (Wildman–Crippen MR) is 110 cm³/mol. The van der Waals surface area contributed by atoms with E-state index in [4.69, 9.17) is 9.47 Å². The van der Waals surface area contributed by atoms with E-state index in [1.807, 2.05) is 49.4 Å². The topological polar surface area (TPSA) is 51.7 Å². The van der Waals surface area contributed by atoms with Gasteiger partial charge in [0.25, 0.3) is 0 Å². The van der Waals surface area contributed by atoms with Gasteiger partial charge in [-0.2, -0.15) is 0 Å². The minimum Gasteiger partial charge on any atom is -0.478 e. The SMILES string of the molecule is Cc1ccc(/C=C2\Oc3c(ccc4c3CN(Cc3ccncc3)CO4)C2=O)cc1. The molecule has 144 valence electrons. The van der Waals surface area contributed by atoms with Crippen LogP contribution in [0.1, 0.15) is 32.6 Å². The number of rotatable bonds is 3. The Bertz CT molecular complexity index is 1100. The Labute approximate surface area is 169 Å². The maximum atomic E-state index is 12.9. The van der Waals surface area contributed by atoms with Crippen molar-refractivity contribution >= 4 is 11.9 Å². The van der Waals surface area contributed by atoms with Gasteiger partial charge in [-0.1, -0.05) is 29.8 Å². The highest BCUT2D eigenvalue weighted by molar-refractivity contribution is 6.15. The lowest BCUT2D eigenvalue weighted by atomic mass is 10.0. The van der Waals surface area contributed by atoms with Crippen LogP contribution in [0.25, 0.3) is 6.08 Å². The molecule has 5 rings (SSSR count). The Morgan fingerprint density at radius 3 is 2.66 bits per heavy atom. The Morgan fingerprint density at radius 1 is 1.07 bits per heavy atom. The summed E-state index contributed by atoms with van der Waals surface area (Å²) in [6, 6.07) is 15.7. The number of ketones is 1. The number of aryl methyl sites for hydroxylation is 1. The molecule has 0 bridgehead atoms. The molecule has 0 radical (unpaired) electrons. The van der Waals surface area contributed by atoms with Crippen molar-refractivity contribution in [1.82, 2.24) is 9.88 Å². The number of Topliss-reactive ketones (excluding diaryl/α,β-unsaturated/α-hetero) is 1. The van der Waals surface area contributed by atoms with Crippen molar-refractivity contribution in [2.45, 2.75) is 20.0 Å². The number of ether oxygens (including phenoxy) is 2. The molecule has 3 heterocycles. The Balaban J connectivity index is 1.43. The third kappa shape index (κ3) is 3.41. The van der Waals surface area contributed by atoms with Crippen LogP contribution in [0.2, 0.25) is 0 Å². The van der Waals surface area contributed by atoms with Crippen LogP contribution in [-0.2, 0) is 13.1 Å². The molecule has 2 aliphatic heterocycles. The molecule has 0 amide bonds. The van der Waals surface area contributed by atoms with Gasteiger partial charge >= 0.3 is 0 Å². The number of nitrogens with zero attached hydrogens (tertiary/aromatic N) is 2. The monoisotopic (exact) mass is 384 g/mol. The number of carbonyl (C=O) groups is 1. The molecule has 5 heteroatoms. The molecule has 3 aromatic rings. The molecule has 0 spiro atoms. The maximum Gasteiger partial charge on any atom is 0.231 e. The second kappa shape index (κ2) is 7.18. The average molecular weight is 384 g/mol. The summed E-state index contributed by atoms with van der Waals surface area (Å²) < 4.78 is 12.0. The van der Waals surface area contributed by atoms with Gasteiger partial charge in [0.15, 0.2) is 5.76 Å². The molecule has 5 nitrogen and oxygen atoms in total. The van der Waals surface area contributed by atoms with Crippen LogP contribution in [0.15, 0.2) is 66.7 Å². The van der Waals surface area contributed by atoms with Crippen LogP contribution >= 0.6 is 0 Å². The van der Waals surface area contributed by atoms with Crippen LogP contribution in [0.3, 0.4) is 0 Å². The van der Waals surface area contributed by atoms with Gasteiger partial charge < -0.3 is 9.47 Å². The first-order valence-electron chi connectivity index (χ1n) is 9.58. The van der Waals surface area contributed by atoms with Crippen molar-refractivity contribution < 1.29 is 14.3 Å². The van der Waals surface area contributed by atoms with Crippen molar-refractivity contribution in [3.63, 3.8) is 0 Å². The van der Waals surface area contributed by atoms with Crippen LogP contribution in [0, 0.1) is 6.92 Å². The number of benzene rings is 2. The molecule has 2 aromatic carbocycles. The van der Waals surface area contributed by atoms with Crippen LogP contribution in [0.5, 0.6) is 11.5 Å². The number of carbonyl (C=O) groups excluding carboxylic acids is 1. The van der Waals surface area contributed by atoms with Gasteiger partial charge in [0.2, 0.25) is 5.78 Å². The van der Waals surface area contributed by atoms with Crippen molar-refractivity contribution in [1.29, 1.82) is 0 Å². The molecule has 1 aromatic heterocycles. The average Bonchev–Trinajstić information content (AvgIpc) is 3.06. The summed E-state index contributed by atoms with van der Waals surface area (Å²) in [5, 5.41) is 0. The zero-order chi connectivity index (χ0) is 19.8. The summed E-state index contributed by atoms with van der Waals surface area (Å²) in [5.41, 5.74) is 4.79. The summed E-state index contributed by atoms with van der Waals surface area (Å²) in [6.07, 6.45) is 5.37. The number of pyridine rings is 1. The van der Waals surface area contributed by atoms with E-state index in [1.165, 1.54) is 5.56 Å². The zero-order valence-electron chi connectivity index (χ0n) is 16.1. The molecule has 0 aliphatic carbocycles. The number of hydrogen-bond acceptors (Lipinski definition) is 5. The first kappa shape index (κ1) is 17.6. The smallest absolute Gasteiger partial charge is 0.231 e. The summed E-state index contributed by atoms with van der Waals surface area (Å²) in [5.74, 6) is 1.66. The van der Waals surface area contributed by atoms with E-state index >= 15 is 0 Å². The van der Waals surface area contributed by atoms with Gasteiger partial charge in [0.1, 0.15) is 18.2 Å². The Hall–Kier alpha value is -3.44. The van der Waals surface area contributed by atoms with Crippen molar-refractivity contribution in [2.24, 2.45) is 0 Å². The first-order valence-corrected chi connectivity index (χ1v) is 9.58. The molecular formula is C24H20N2O3. The van der Waals surface area contributed by atoms with Crippen LogP contribution in [0.4, 0.5) is 0 Å². The van der Waals surface area contributed by atoms with Gasteiger partial charge in [0.05, 0.1) is 11.1 Å². The number of fused-ring (bicyclic) bond motifs is 3. The largest absolute Gasteiger partial charge is 0.478 e. The Morgan fingerprint density at radius 2 is 1.86 bits per heavy atom. The molecule has 0 N–H and O–H groups in total. The second-order valence-electron chi connectivity index (χ2n) is 7.39. The normalized spacial score (nSPS) is 16.9. The first-order chi connectivity index (χ1) is 14.2. The zero-order valence-corrected chi connectivity index (χ0v) is 16.1. The minimum absolute atomic E-state index is 0.0883. The lowest BCUT2D eigenvalue weighted by Gasteiger charge is -2.29. The van der Waals surface area contributed by atoms with Crippen LogP contribution < -0.4 is 9.47 Å². The quantitative estimate of drug-likeness (QED) is 0.628. The van der Waals surface area contributed by atoms with Crippen LogP contribution in [-0.4, -0.2) is 22.4 Å². The van der Waals surface area contributed by atoms with Gasteiger partial charge in [0, 0.05) is 25.5 Å². The number of hydrogen-bond donors (Lipinski definition) is 0. The Kier molecular flexibility index (Phi) is 4.37. The van der Waals surface area contributed by atoms with E-state index < -0.39 is 0 Å². The van der Waals surface area contributed by atoms with E-state index in [0.29, 0.717) is 30.3 Å². The van der Waals surface area contributed by atoms with Gasteiger partial charge in [-0.25, -0.2) is 0 Å². The van der Waals surface area contributed by atoms with Crippen molar-refractivity contribution in [2.75, 3.05) is 6.73 Å². The maximum absolute atomic E-state index is 12.9. The number of allylic oxidation sites excluding steroid dienone is 1. The van der Waals surface area contributed by atoms with Crippen molar-refractivity contribution in [3.8, 4) is 11.5 Å². The van der Waals surface area contributed by atoms with E-state index in [1.54, 1.807) is 24.5 Å². The fraction of sp³-hybridized carbons (Fsp3) is 0.167. The third-order valence-electron chi connectivity index (χ3n) is 5.21. The molecule has 2 aliphatic rings. The molecule has 0 unspecified atom stereocenters. The summed E-state index contributed by atoms with van der Waals surface area (Å²) in [7, 11) is 0. The molecular weight excluding hydrogens is 364 g/mol. The lowest BCUT2D eigenvalue weighted by Crippen LogP contribution is -2.31. The van der Waals surface area contributed by atoms with Gasteiger partial charge in [-0.05, 0) is 48.4 Å². The predicted octanol–water partition coefficient (Wildman–Crippen LogP) is 4.36. The van der Waals surface area contributed by atoms with E-state index in [-0.39, 0.29) is 5.78 Å². The highest BCUT2D eigenvalue weighted by Crippen LogP contribution is 2.42. The number of aromatic nitrogens is 1. The molecule has 0 atom stereocenters. The molecule has 29 heavy (non-hydrogen) atoms. The fourth-order valence-electron chi connectivity index (χ4n) is 3.67. The second-order valence-corrected chi connectivity index (χ2v) is 7.39. The van der Waals surface area contributed by atoms with E-state index in [0.717, 1.165) is 29.0 Å². The highest BCUT2D eigenvalue weighted by Gasteiger charge is 2.33. The van der Waals surface area contributed by atoms with Gasteiger partial charge in [-0.15, -0.1) is 0 Å². The summed E-state index contributed by atoms with van der Waals surface area (Å²) in [4.78, 5) is 19.1. The third-order valence-corrected chi connectivity index (χ3v) is 5.21. The van der Waals surface area contributed by atoms with E-state index in [9.17, 15) is 4.79 Å².